The first kappa shape index (κ1) is 17.3. The molecule has 2 fully saturated rings. The number of anilines is 1. The highest BCUT2D eigenvalue weighted by molar-refractivity contribution is 6.01. The first-order chi connectivity index (χ1) is 12.5. The predicted molar refractivity (Wildman–Crippen MR) is 99.3 cm³/mol. The fourth-order valence-electron chi connectivity index (χ4n) is 4.81. The summed E-state index contributed by atoms with van der Waals surface area (Å²) in [5, 5.41) is 10.3. The minimum atomic E-state index is -0.344. The average Bonchev–Trinajstić information content (AvgIpc) is 2.96. The van der Waals surface area contributed by atoms with Crippen LogP contribution in [-0.4, -0.2) is 40.1 Å². The third-order valence-corrected chi connectivity index (χ3v) is 5.96. The summed E-state index contributed by atoms with van der Waals surface area (Å²) in [4.78, 5) is 27.2. The maximum absolute atomic E-state index is 12.7. The Morgan fingerprint density at radius 3 is 2.85 bits per heavy atom. The number of carbonyl (C=O) groups is 1. The zero-order valence-corrected chi connectivity index (χ0v) is 15.4. The Bertz CT molecular complexity index is 883. The van der Waals surface area contributed by atoms with Gasteiger partial charge in [0.05, 0.1) is 17.6 Å². The van der Waals surface area contributed by atoms with E-state index in [2.05, 4.69) is 20.4 Å². The molecular formula is C19H26N4O3. The molecule has 0 spiro atoms. The summed E-state index contributed by atoms with van der Waals surface area (Å²) in [6.45, 7) is 4.91. The Hall–Kier alpha value is -2.15. The van der Waals surface area contributed by atoms with Gasteiger partial charge in [0.2, 0.25) is 11.8 Å². The van der Waals surface area contributed by atoms with E-state index in [9.17, 15) is 9.59 Å². The van der Waals surface area contributed by atoms with Crippen LogP contribution in [0.25, 0.3) is 10.8 Å². The molecule has 7 heteroatoms. The van der Waals surface area contributed by atoms with Crippen LogP contribution in [-0.2, 0) is 4.79 Å². The van der Waals surface area contributed by atoms with Crippen LogP contribution in [0, 0.1) is 19.8 Å². The van der Waals surface area contributed by atoms with Crippen LogP contribution >= 0.6 is 0 Å². The minimum Gasteiger partial charge on any atom is -0.444 e. The van der Waals surface area contributed by atoms with E-state index in [1.807, 2.05) is 6.92 Å². The van der Waals surface area contributed by atoms with E-state index in [0.717, 1.165) is 18.9 Å². The number of piperidine rings is 1. The second kappa shape index (κ2) is 6.87. The molecule has 0 aromatic carbocycles. The molecule has 2 atom stereocenters. The first-order valence-corrected chi connectivity index (χ1v) is 9.57. The molecule has 2 aromatic heterocycles. The molecule has 0 bridgehead atoms. The average molecular weight is 358 g/mol. The molecule has 26 heavy (non-hydrogen) atoms. The number of carbonyl (C=O) groups excluding carboxylic acids is 1. The van der Waals surface area contributed by atoms with Crippen molar-refractivity contribution >= 4 is 22.6 Å². The van der Waals surface area contributed by atoms with Gasteiger partial charge in [0, 0.05) is 6.04 Å². The lowest BCUT2D eigenvalue weighted by atomic mass is 9.78. The van der Waals surface area contributed by atoms with Crippen molar-refractivity contribution in [3.8, 4) is 0 Å². The largest absolute Gasteiger partial charge is 0.444 e. The molecule has 0 radical (unpaired) electrons. The van der Waals surface area contributed by atoms with Gasteiger partial charge in [-0.05, 0) is 52.0 Å². The van der Waals surface area contributed by atoms with Gasteiger partial charge >= 0.3 is 0 Å². The topological polar surface area (TPSA) is 91.2 Å². The maximum atomic E-state index is 12.7. The summed E-state index contributed by atoms with van der Waals surface area (Å²) in [7, 11) is 0. The summed E-state index contributed by atoms with van der Waals surface area (Å²) >= 11 is 0. The van der Waals surface area contributed by atoms with Crippen LogP contribution < -0.4 is 10.9 Å². The number of fused-ring (bicyclic) bond motifs is 2. The highest BCUT2D eigenvalue weighted by atomic mass is 16.4. The van der Waals surface area contributed by atoms with E-state index >= 15 is 0 Å². The van der Waals surface area contributed by atoms with E-state index in [0.29, 0.717) is 34.8 Å². The number of aromatic nitrogens is 2. The fraction of sp³-hybridized carbons (Fsp3) is 0.632. The van der Waals surface area contributed by atoms with E-state index in [1.165, 1.54) is 32.1 Å². The third kappa shape index (κ3) is 3.05. The number of amides is 1. The lowest BCUT2D eigenvalue weighted by Crippen LogP contribution is -2.49. The quantitative estimate of drug-likeness (QED) is 0.880. The molecule has 2 aliphatic rings. The van der Waals surface area contributed by atoms with Gasteiger partial charge in [0.15, 0.2) is 0 Å². The van der Waals surface area contributed by atoms with Gasteiger partial charge in [-0.15, -0.1) is 0 Å². The number of H-pyrrole nitrogens is 1. The Kier molecular flexibility index (Phi) is 4.56. The molecule has 1 saturated carbocycles. The van der Waals surface area contributed by atoms with Crippen molar-refractivity contribution in [3.63, 3.8) is 0 Å². The molecule has 7 nitrogen and oxygen atoms in total. The normalized spacial score (nSPS) is 23.8. The van der Waals surface area contributed by atoms with Gasteiger partial charge in [0.25, 0.3) is 5.56 Å². The summed E-state index contributed by atoms with van der Waals surface area (Å²) < 4.78 is 5.68. The molecular weight excluding hydrogens is 332 g/mol. The number of aromatic amines is 1. The number of hydrogen-bond acceptors (Lipinski definition) is 5. The second-order valence-corrected chi connectivity index (χ2v) is 7.65. The standard InChI is InChI=1S/C19H26N4O3/c1-11-16-12(2)26-19(17(16)18(25)22-21-11)20-15(24)10-23-9-5-7-13-6-3-4-8-14(13)23/h13-14H,3-10H2,1-2H3,(H,20,24)(H,22,25)/t13-,14+/m0/s1. The highest BCUT2D eigenvalue weighted by Gasteiger charge is 2.34. The number of furan rings is 1. The van der Waals surface area contributed by atoms with Gasteiger partial charge < -0.3 is 4.42 Å². The van der Waals surface area contributed by atoms with Crippen LogP contribution in [0.4, 0.5) is 5.88 Å². The first-order valence-electron chi connectivity index (χ1n) is 9.57. The fourth-order valence-corrected chi connectivity index (χ4v) is 4.81. The van der Waals surface area contributed by atoms with Crippen molar-refractivity contribution in [2.45, 2.75) is 58.4 Å². The Morgan fingerprint density at radius 1 is 1.23 bits per heavy atom. The smallest absolute Gasteiger partial charge is 0.277 e. The number of nitrogens with zero attached hydrogens (tertiary/aromatic N) is 2. The molecule has 2 aromatic rings. The van der Waals surface area contributed by atoms with Crippen LogP contribution in [0.15, 0.2) is 9.21 Å². The van der Waals surface area contributed by atoms with E-state index in [1.54, 1.807) is 6.92 Å². The lowest BCUT2D eigenvalue weighted by molar-refractivity contribution is -0.119. The Morgan fingerprint density at radius 2 is 2.00 bits per heavy atom. The molecule has 1 amide bonds. The second-order valence-electron chi connectivity index (χ2n) is 7.65. The summed E-state index contributed by atoms with van der Waals surface area (Å²) in [5.74, 6) is 1.43. The summed E-state index contributed by atoms with van der Waals surface area (Å²) in [5.41, 5.74) is 0.338. The van der Waals surface area contributed by atoms with Gasteiger partial charge in [-0.25, -0.2) is 5.10 Å². The maximum Gasteiger partial charge on any atom is 0.277 e. The van der Waals surface area contributed by atoms with Crippen LogP contribution in [0.5, 0.6) is 0 Å². The predicted octanol–water partition coefficient (Wildman–Crippen LogP) is 2.73. The van der Waals surface area contributed by atoms with Gasteiger partial charge in [-0.3, -0.25) is 19.8 Å². The number of nitrogens with one attached hydrogen (secondary N) is 2. The van der Waals surface area contributed by atoms with Gasteiger partial charge in [-0.2, -0.15) is 5.10 Å². The SMILES string of the molecule is Cc1n[nH]c(=O)c2c(NC(=O)CN3CCC[C@@H]4CCCC[C@H]43)oc(C)c12. The molecule has 1 aliphatic carbocycles. The lowest BCUT2D eigenvalue weighted by Gasteiger charge is -2.43. The molecule has 140 valence electrons. The van der Waals surface area contributed by atoms with Crippen molar-refractivity contribution in [2.75, 3.05) is 18.4 Å². The Labute approximate surface area is 152 Å². The molecule has 4 rings (SSSR count). The van der Waals surface area contributed by atoms with Crippen molar-refractivity contribution in [3.05, 3.63) is 21.8 Å². The van der Waals surface area contributed by atoms with Gasteiger partial charge in [-0.1, -0.05) is 12.8 Å². The molecule has 2 N–H and O–H groups in total. The molecule has 1 aliphatic heterocycles. The molecule has 3 heterocycles. The van der Waals surface area contributed by atoms with E-state index in [4.69, 9.17) is 4.42 Å². The number of aryl methyl sites for hydroxylation is 2. The third-order valence-electron chi connectivity index (χ3n) is 5.96. The van der Waals surface area contributed by atoms with Gasteiger partial charge in [0.1, 0.15) is 11.1 Å². The minimum absolute atomic E-state index is 0.124. The van der Waals surface area contributed by atoms with Crippen LogP contribution in [0.3, 0.4) is 0 Å². The van der Waals surface area contributed by atoms with Crippen molar-refractivity contribution in [1.82, 2.24) is 15.1 Å². The van der Waals surface area contributed by atoms with Crippen LogP contribution in [0.2, 0.25) is 0 Å². The molecule has 0 unspecified atom stereocenters. The summed E-state index contributed by atoms with van der Waals surface area (Å²) in [6.07, 6.45) is 7.48. The van der Waals surface area contributed by atoms with Crippen LogP contribution in [0.1, 0.15) is 50.0 Å². The number of rotatable bonds is 3. The monoisotopic (exact) mass is 358 g/mol. The van der Waals surface area contributed by atoms with Crippen molar-refractivity contribution < 1.29 is 9.21 Å². The van der Waals surface area contributed by atoms with E-state index < -0.39 is 0 Å². The van der Waals surface area contributed by atoms with Crippen molar-refractivity contribution in [1.29, 1.82) is 0 Å². The number of hydrogen-bond donors (Lipinski definition) is 2. The Balaban J connectivity index is 1.53. The molecule has 1 saturated heterocycles. The number of likely N-dealkylation sites (tertiary alicyclic amines) is 1. The zero-order valence-electron chi connectivity index (χ0n) is 15.4. The summed E-state index contributed by atoms with van der Waals surface area (Å²) in [6, 6.07) is 0.521. The highest BCUT2D eigenvalue weighted by Crippen LogP contribution is 2.35. The van der Waals surface area contributed by atoms with E-state index in [-0.39, 0.29) is 17.4 Å². The zero-order chi connectivity index (χ0) is 18.3. The van der Waals surface area contributed by atoms with Crippen molar-refractivity contribution in [2.24, 2.45) is 5.92 Å².